The molecule has 0 aliphatic carbocycles. The fourth-order valence-electron chi connectivity index (χ4n) is 3.25. The van der Waals surface area contributed by atoms with Crippen LogP contribution in [0.4, 0.5) is 0 Å². The zero-order valence-electron chi connectivity index (χ0n) is 12.2. The summed E-state index contributed by atoms with van der Waals surface area (Å²) in [6.45, 7) is 0. The second-order valence-electron chi connectivity index (χ2n) is 5.60. The van der Waals surface area contributed by atoms with Crippen LogP contribution in [0.3, 0.4) is 0 Å². The molecule has 2 aromatic heterocycles. The molecule has 1 radical (unpaired) electrons. The van der Waals surface area contributed by atoms with Gasteiger partial charge in [-0.1, -0.05) is 54.6 Å². The molecule has 0 spiro atoms. The van der Waals surface area contributed by atoms with Gasteiger partial charge in [-0.3, -0.25) is 0 Å². The minimum atomic E-state index is 0.884. The van der Waals surface area contributed by atoms with Gasteiger partial charge in [0.15, 0.2) is 0 Å². The highest BCUT2D eigenvalue weighted by Crippen LogP contribution is 2.35. The van der Waals surface area contributed by atoms with E-state index < -0.39 is 0 Å². The zero-order chi connectivity index (χ0) is 15.2. The van der Waals surface area contributed by atoms with E-state index in [4.69, 9.17) is 0 Å². The van der Waals surface area contributed by atoms with E-state index in [1.807, 2.05) is 24.3 Å². The third kappa shape index (κ3) is 1.77. The van der Waals surface area contributed by atoms with Crippen molar-refractivity contribution in [3.8, 4) is 11.1 Å². The van der Waals surface area contributed by atoms with Crippen molar-refractivity contribution in [1.82, 2.24) is 15.2 Å². The molecule has 5 rings (SSSR count). The monoisotopic (exact) mass is 294 g/mol. The molecule has 0 fully saturated rings. The van der Waals surface area contributed by atoms with Gasteiger partial charge in [-0.15, -0.1) is 10.2 Å². The SMILES string of the molecule is [c]1nnc2ccccc2c1-c1cccc2c1[nH]c1ccccc12. The summed E-state index contributed by atoms with van der Waals surface area (Å²) in [5.41, 5.74) is 5.22. The van der Waals surface area contributed by atoms with Gasteiger partial charge >= 0.3 is 0 Å². The standard InChI is InChI=1S/C20H12N3/c1-3-10-18-13(6-1)15-8-5-9-16(20(15)22-18)17-12-21-23-19-11-4-2-7-14(17)19/h1-11,22H. The molecule has 3 aromatic carbocycles. The summed E-state index contributed by atoms with van der Waals surface area (Å²) in [4.78, 5) is 3.54. The quantitative estimate of drug-likeness (QED) is 0.485. The summed E-state index contributed by atoms with van der Waals surface area (Å²) < 4.78 is 0. The molecule has 0 aliphatic rings. The molecule has 3 heteroatoms. The van der Waals surface area contributed by atoms with Crippen molar-refractivity contribution in [1.29, 1.82) is 0 Å². The first kappa shape index (κ1) is 12.4. The van der Waals surface area contributed by atoms with E-state index in [9.17, 15) is 0 Å². The highest BCUT2D eigenvalue weighted by atomic mass is 15.1. The van der Waals surface area contributed by atoms with E-state index in [-0.39, 0.29) is 0 Å². The molecule has 2 heterocycles. The van der Waals surface area contributed by atoms with Gasteiger partial charge < -0.3 is 4.98 Å². The third-order valence-corrected chi connectivity index (χ3v) is 4.30. The number of hydrogen-bond donors (Lipinski definition) is 1. The van der Waals surface area contributed by atoms with Crippen LogP contribution in [0.5, 0.6) is 0 Å². The fraction of sp³-hybridized carbons (Fsp3) is 0. The molecule has 0 saturated carbocycles. The van der Waals surface area contributed by atoms with Crippen molar-refractivity contribution < 1.29 is 0 Å². The average Bonchev–Trinajstić information content (AvgIpc) is 3.00. The Morgan fingerprint density at radius 2 is 1.52 bits per heavy atom. The Kier molecular flexibility index (Phi) is 2.50. The van der Waals surface area contributed by atoms with Crippen LogP contribution in [-0.2, 0) is 0 Å². The summed E-state index contributed by atoms with van der Waals surface area (Å²) in [7, 11) is 0. The molecule has 0 atom stereocenters. The molecule has 23 heavy (non-hydrogen) atoms. The number of para-hydroxylation sites is 2. The lowest BCUT2D eigenvalue weighted by atomic mass is 10.00. The second kappa shape index (κ2) is 4.65. The third-order valence-electron chi connectivity index (χ3n) is 4.30. The summed E-state index contributed by atoms with van der Waals surface area (Å²) in [6.07, 6.45) is 3.08. The predicted octanol–water partition coefficient (Wildman–Crippen LogP) is 4.73. The van der Waals surface area contributed by atoms with Crippen molar-refractivity contribution in [3.05, 3.63) is 72.9 Å². The number of benzene rings is 3. The molecule has 0 unspecified atom stereocenters. The normalized spacial score (nSPS) is 11.5. The van der Waals surface area contributed by atoms with Gasteiger partial charge in [0, 0.05) is 32.8 Å². The van der Waals surface area contributed by atoms with Gasteiger partial charge in [-0.05, 0) is 12.1 Å². The van der Waals surface area contributed by atoms with Crippen LogP contribution in [0.2, 0.25) is 0 Å². The molecule has 0 saturated heterocycles. The van der Waals surface area contributed by atoms with Gasteiger partial charge in [0.2, 0.25) is 0 Å². The maximum Gasteiger partial charge on any atom is 0.122 e. The Balaban J connectivity index is 1.93. The zero-order valence-corrected chi connectivity index (χ0v) is 12.2. The summed E-state index contributed by atoms with van der Waals surface area (Å²) >= 11 is 0. The molecule has 3 nitrogen and oxygen atoms in total. The van der Waals surface area contributed by atoms with Crippen LogP contribution < -0.4 is 0 Å². The lowest BCUT2D eigenvalue weighted by Gasteiger charge is -2.06. The topological polar surface area (TPSA) is 41.6 Å². The largest absolute Gasteiger partial charge is 0.354 e. The van der Waals surface area contributed by atoms with Crippen molar-refractivity contribution in [2.24, 2.45) is 0 Å². The molecular formula is C20H12N3. The number of rotatable bonds is 1. The highest BCUT2D eigenvalue weighted by molar-refractivity contribution is 6.13. The maximum absolute atomic E-state index is 4.17. The number of nitrogens with one attached hydrogen (secondary N) is 1. The van der Waals surface area contributed by atoms with Gasteiger partial charge in [-0.2, -0.15) is 0 Å². The van der Waals surface area contributed by atoms with Gasteiger partial charge in [0.1, 0.15) is 6.20 Å². The van der Waals surface area contributed by atoms with Crippen molar-refractivity contribution >= 4 is 32.7 Å². The number of H-pyrrole nitrogens is 1. The number of hydrogen-bond acceptors (Lipinski definition) is 2. The number of fused-ring (bicyclic) bond motifs is 4. The van der Waals surface area contributed by atoms with E-state index in [2.05, 4.69) is 63.8 Å². The molecular weight excluding hydrogens is 282 g/mol. The molecule has 0 bridgehead atoms. The van der Waals surface area contributed by atoms with Crippen LogP contribution in [-0.4, -0.2) is 15.2 Å². The number of aromatic amines is 1. The molecule has 5 aromatic rings. The minimum absolute atomic E-state index is 0.884. The fourth-order valence-corrected chi connectivity index (χ4v) is 3.25. The lowest BCUT2D eigenvalue weighted by Crippen LogP contribution is -1.89. The van der Waals surface area contributed by atoms with Crippen molar-refractivity contribution in [3.63, 3.8) is 0 Å². The molecule has 1 N–H and O–H groups in total. The van der Waals surface area contributed by atoms with Crippen LogP contribution in [0.1, 0.15) is 0 Å². The minimum Gasteiger partial charge on any atom is -0.354 e. The average molecular weight is 294 g/mol. The first-order valence-electron chi connectivity index (χ1n) is 7.55. The Labute approximate surface area is 132 Å². The van der Waals surface area contributed by atoms with E-state index in [1.165, 1.54) is 10.8 Å². The summed E-state index contributed by atoms with van der Waals surface area (Å²) in [5.74, 6) is 0. The summed E-state index contributed by atoms with van der Waals surface area (Å²) in [6, 6.07) is 22.7. The van der Waals surface area contributed by atoms with E-state index >= 15 is 0 Å². The van der Waals surface area contributed by atoms with Gasteiger partial charge in [-0.25, -0.2) is 0 Å². The molecule has 0 aliphatic heterocycles. The van der Waals surface area contributed by atoms with Gasteiger partial charge in [0.05, 0.1) is 11.0 Å². The predicted molar refractivity (Wildman–Crippen MR) is 93.2 cm³/mol. The van der Waals surface area contributed by atoms with E-state index in [0.29, 0.717) is 0 Å². The van der Waals surface area contributed by atoms with Crippen molar-refractivity contribution in [2.75, 3.05) is 0 Å². The smallest absolute Gasteiger partial charge is 0.122 e. The van der Waals surface area contributed by atoms with Crippen LogP contribution in [0, 0.1) is 6.20 Å². The van der Waals surface area contributed by atoms with E-state index in [1.54, 1.807) is 0 Å². The Bertz CT molecular complexity index is 1170. The van der Waals surface area contributed by atoms with Crippen LogP contribution in [0.15, 0.2) is 66.7 Å². The highest BCUT2D eigenvalue weighted by Gasteiger charge is 2.12. The van der Waals surface area contributed by atoms with Crippen molar-refractivity contribution in [2.45, 2.75) is 0 Å². The van der Waals surface area contributed by atoms with Gasteiger partial charge in [0.25, 0.3) is 0 Å². The number of aromatic nitrogens is 3. The lowest BCUT2D eigenvalue weighted by molar-refractivity contribution is 1.07. The maximum atomic E-state index is 4.17. The summed E-state index contributed by atoms with van der Waals surface area (Å²) in [5, 5.41) is 11.7. The Morgan fingerprint density at radius 1 is 0.739 bits per heavy atom. The molecule has 107 valence electrons. The Hall–Kier alpha value is -3.20. The number of nitrogens with zero attached hydrogens (tertiary/aromatic N) is 2. The second-order valence-corrected chi connectivity index (χ2v) is 5.60. The van der Waals surface area contributed by atoms with Crippen LogP contribution >= 0.6 is 0 Å². The first-order valence-corrected chi connectivity index (χ1v) is 7.55. The first-order chi connectivity index (χ1) is 11.4. The van der Waals surface area contributed by atoms with E-state index in [0.717, 1.165) is 33.1 Å². The molecule has 0 amide bonds. The van der Waals surface area contributed by atoms with Crippen LogP contribution in [0.25, 0.3) is 43.8 Å². The Morgan fingerprint density at radius 3 is 2.48 bits per heavy atom.